The molecule has 2 aromatic heterocycles. The summed E-state index contributed by atoms with van der Waals surface area (Å²) in [4.78, 5) is 30.8. The molecule has 1 aliphatic heterocycles. The first kappa shape index (κ1) is 22.0. The molecule has 1 aliphatic rings. The molecule has 0 radical (unpaired) electrons. The molecule has 0 unspecified atom stereocenters. The van der Waals surface area contributed by atoms with Crippen LogP contribution in [0.4, 0.5) is 0 Å². The van der Waals surface area contributed by atoms with Gasteiger partial charge in [0.1, 0.15) is 35.8 Å². The number of imidazole rings is 1. The number of phosphoric ester groups is 1. The topological polar surface area (TPSA) is 160 Å². The third-order valence-electron chi connectivity index (χ3n) is 5.20. The van der Waals surface area contributed by atoms with Gasteiger partial charge in [-0.3, -0.25) is 9.09 Å². The van der Waals surface area contributed by atoms with Gasteiger partial charge in [-0.15, -0.1) is 0 Å². The second-order valence-corrected chi connectivity index (χ2v) is 8.90. The maximum Gasteiger partial charge on any atom is 0.469 e. The highest BCUT2D eigenvalue weighted by atomic mass is 31.2. The van der Waals surface area contributed by atoms with E-state index in [0.29, 0.717) is 22.8 Å². The largest absolute Gasteiger partial charge is 0.469 e. The summed E-state index contributed by atoms with van der Waals surface area (Å²) >= 11 is 0. The molecule has 11 nitrogen and oxygen atoms in total. The van der Waals surface area contributed by atoms with Crippen molar-refractivity contribution in [1.82, 2.24) is 19.5 Å². The molecule has 4 N–H and O–H groups in total. The van der Waals surface area contributed by atoms with E-state index in [0.717, 1.165) is 11.1 Å². The molecule has 0 saturated carbocycles. The quantitative estimate of drug-likeness (QED) is 0.404. The van der Waals surface area contributed by atoms with Gasteiger partial charge in [0.05, 0.1) is 12.9 Å². The molecular formula is C19H23N4O7P. The van der Waals surface area contributed by atoms with Gasteiger partial charge < -0.3 is 24.7 Å². The summed E-state index contributed by atoms with van der Waals surface area (Å²) in [5.41, 5.74) is 3.50. The number of nitrogens with zero attached hydrogens (tertiary/aromatic N) is 4. The third-order valence-corrected chi connectivity index (χ3v) is 5.69. The molecule has 4 atom stereocenters. The van der Waals surface area contributed by atoms with E-state index in [9.17, 15) is 14.8 Å². The van der Waals surface area contributed by atoms with E-state index < -0.39 is 39.0 Å². The van der Waals surface area contributed by atoms with Gasteiger partial charge in [0.2, 0.25) is 0 Å². The third kappa shape index (κ3) is 4.39. The Kier molecular flexibility index (Phi) is 5.93. The molecule has 1 aromatic carbocycles. The van der Waals surface area contributed by atoms with Crippen molar-refractivity contribution in [2.75, 3.05) is 6.61 Å². The normalized spacial score (nSPS) is 24.4. The molecule has 0 aliphatic carbocycles. The lowest BCUT2D eigenvalue weighted by Gasteiger charge is -2.16. The first-order valence-electron chi connectivity index (χ1n) is 9.65. The molecule has 12 heteroatoms. The molecule has 0 spiro atoms. The molecule has 0 amide bonds. The predicted octanol–water partition coefficient (Wildman–Crippen LogP) is 1.35. The molecule has 0 bridgehead atoms. The fraction of sp³-hybridized carbons (Fsp3) is 0.421. The van der Waals surface area contributed by atoms with Gasteiger partial charge >= 0.3 is 7.82 Å². The Bertz CT molecular complexity index is 1130. The molecule has 3 heterocycles. The molecular weight excluding hydrogens is 427 g/mol. The summed E-state index contributed by atoms with van der Waals surface area (Å²) in [6.07, 6.45) is -2.22. The van der Waals surface area contributed by atoms with Crippen LogP contribution in [-0.2, 0) is 13.8 Å². The molecule has 4 rings (SSSR count). The number of fused-ring (bicyclic) bond motifs is 1. The number of hydrogen-bond acceptors (Lipinski definition) is 8. The lowest BCUT2D eigenvalue weighted by atomic mass is 9.99. The van der Waals surface area contributed by atoms with Crippen molar-refractivity contribution in [1.29, 1.82) is 0 Å². The summed E-state index contributed by atoms with van der Waals surface area (Å²) in [5.74, 6) is 0.339. The zero-order valence-corrected chi connectivity index (χ0v) is 17.7. The highest BCUT2D eigenvalue weighted by Gasteiger charge is 2.45. The Balaban J connectivity index is 1.67. The smallest absolute Gasteiger partial charge is 0.387 e. The van der Waals surface area contributed by atoms with Gasteiger partial charge in [-0.1, -0.05) is 32.0 Å². The van der Waals surface area contributed by atoms with Crippen LogP contribution in [0, 0.1) is 0 Å². The van der Waals surface area contributed by atoms with Gasteiger partial charge in [-0.2, -0.15) is 0 Å². The van der Waals surface area contributed by atoms with Gasteiger partial charge in [-0.25, -0.2) is 19.5 Å². The molecule has 3 aromatic rings. The molecule has 31 heavy (non-hydrogen) atoms. The van der Waals surface area contributed by atoms with E-state index in [1.165, 1.54) is 17.2 Å². The van der Waals surface area contributed by atoms with E-state index in [2.05, 4.69) is 33.3 Å². The van der Waals surface area contributed by atoms with Crippen LogP contribution in [0.1, 0.15) is 31.6 Å². The Labute approximate surface area is 177 Å². The lowest BCUT2D eigenvalue weighted by molar-refractivity contribution is -0.0504. The number of benzene rings is 1. The fourth-order valence-corrected chi connectivity index (χ4v) is 3.90. The number of aromatic nitrogens is 4. The van der Waals surface area contributed by atoms with Crippen LogP contribution in [0.25, 0.3) is 22.4 Å². The zero-order valence-electron chi connectivity index (χ0n) is 16.8. The van der Waals surface area contributed by atoms with E-state index in [1.54, 1.807) is 0 Å². The first-order chi connectivity index (χ1) is 14.7. The molecule has 1 saturated heterocycles. The lowest BCUT2D eigenvalue weighted by Crippen LogP contribution is -2.33. The Morgan fingerprint density at radius 2 is 1.97 bits per heavy atom. The second-order valence-electron chi connectivity index (χ2n) is 7.66. The van der Waals surface area contributed by atoms with Crippen molar-refractivity contribution >= 4 is 19.0 Å². The Hall–Kier alpha value is -2.24. The van der Waals surface area contributed by atoms with Crippen molar-refractivity contribution in [3.63, 3.8) is 0 Å². The van der Waals surface area contributed by atoms with E-state index >= 15 is 0 Å². The average molecular weight is 450 g/mol. The van der Waals surface area contributed by atoms with Crippen molar-refractivity contribution < 1.29 is 33.8 Å². The van der Waals surface area contributed by atoms with Crippen molar-refractivity contribution in [2.45, 2.75) is 44.3 Å². The maximum absolute atomic E-state index is 10.9. The Morgan fingerprint density at radius 3 is 2.68 bits per heavy atom. The number of hydrogen-bond donors (Lipinski definition) is 4. The maximum atomic E-state index is 10.9. The van der Waals surface area contributed by atoms with Crippen LogP contribution in [0.5, 0.6) is 0 Å². The van der Waals surface area contributed by atoms with E-state index in [-0.39, 0.29) is 0 Å². The highest BCUT2D eigenvalue weighted by Crippen LogP contribution is 2.39. The van der Waals surface area contributed by atoms with Crippen LogP contribution in [0.2, 0.25) is 0 Å². The molecule has 1 fully saturated rings. The van der Waals surface area contributed by atoms with E-state index in [4.69, 9.17) is 14.5 Å². The standard InChI is InChI=1S/C19H23N4O7P/c1-10(2)11-4-3-5-12(6-11)14-15-18(21-8-20-14)23(9-22-15)19-17(25)16(24)13(30-19)7-29-31(26,27)28/h3-6,8-10,13,16-17,19,24-25H,7H2,1-2H3,(H2,26,27,28)/t13-,16+,17-,19-/m1/s1. The summed E-state index contributed by atoms with van der Waals surface area (Å²) in [6, 6.07) is 7.94. The SMILES string of the molecule is CC(C)c1cccc(-c2ncnc3c2ncn3[C@@H]2O[C@H](COP(=O)(O)O)[C@H](O)[C@H]2O)c1. The average Bonchev–Trinajstić information content (AvgIpc) is 3.27. The van der Waals surface area contributed by atoms with Crippen molar-refractivity contribution in [2.24, 2.45) is 0 Å². The van der Waals surface area contributed by atoms with Crippen LogP contribution in [0.15, 0.2) is 36.9 Å². The monoisotopic (exact) mass is 450 g/mol. The number of phosphoric acid groups is 1. The van der Waals surface area contributed by atoms with Crippen molar-refractivity contribution in [3.05, 3.63) is 42.5 Å². The zero-order chi connectivity index (χ0) is 22.3. The number of rotatable bonds is 6. The van der Waals surface area contributed by atoms with Gasteiger partial charge in [-0.05, 0) is 17.5 Å². The van der Waals surface area contributed by atoms with Crippen LogP contribution >= 0.6 is 7.82 Å². The van der Waals surface area contributed by atoms with Crippen LogP contribution in [-0.4, -0.2) is 64.4 Å². The van der Waals surface area contributed by atoms with Crippen LogP contribution < -0.4 is 0 Å². The molecule has 166 valence electrons. The second kappa shape index (κ2) is 8.36. The van der Waals surface area contributed by atoms with Gasteiger partial charge in [0, 0.05) is 5.56 Å². The first-order valence-corrected chi connectivity index (χ1v) is 11.2. The Morgan fingerprint density at radius 1 is 1.19 bits per heavy atom. The van der Waals surface area contributed by atoms with Crippen LogP contribution in [0.3, 0.4) is 0 Å². The summed E-state index contributed by atoms with van der Waals surface area (Å²) in [6.45, 7) is 3.61. The summed E-state index contributed by atoms with van der Waals surface area (Å²) in [5, 5.41) is 20.7. The summed E-state index contributed by atoms with van der Waals surface area (Å²) < 4.78 is 22.4. The summed E-state index contributed by atoms with van der Waals surface area (Å²) in [7, 11) is -4.75. The van der Waals surface area contributed by atoms with Crippen molar-refractivity contribution in [3.8, 4) is 11.3 Å². The minimum absolute atomic E-state index is 0.339. The number of ether oxygens (including phenoxy) is 1. The number of aliphatic hydroxyl groups is 2. The van der Waals surface area contributed by atoms with E-state index in [1.807, 2.05) is 24.3 Å². The number of aliphatic hydroxyl groups excluding tert-OH is 2. The fourth-order valence-electron chi connectivity index (χ4n) is 3.56. The minimum Gasteiger partial charge on any atom is -0.387 e. The predicted molar refractivity (Wildman–Crippen MR) is 109 cm³/mol. The van der Waals surface area contributed by atoms with Gasteiger partial charge in [0.15, 0.2) is 11.9 Å². The van der Waals surface area contributed by atoms with Gasteiger partial charge in [0.25, 0.3) is 0 Å². The minimum atomic E-state index is -4.75. The highest BCUT2D eigenvalue weighted by molar-refractivity contribution is 7.46.